The third-order valence-electron chi connectivity index (χ3n) is 7.93. The Labute approximate surface area is 197 Å². The Morgan fingerprint density at radius 3 is 2.03 bits per heavy atom. The second-order valence-corrected chi connectivity index (χ2v) is 22.9. The van der Waals surface area contributed by atoms with Crippen LogP contribution in [0.5, 0.6) is 0 Å². The van der Waals surface area contributed by atoms with E-state index in [2.05, 4.69) is 75.4 Å². The van der Waals surface area contributed by atoms with Crippen molar-refractivity contribution in [3.63, 3.8) is 0 Å². The zero-order valence-electron chi connectivity index (χ0n) is 22.3. The third-order valence-corrected chi connectivity index (χ3v) is 17.5. The van der Waals surface area contributed by atoms with Crippen molar-refractivity contribution in [2.24, 2.45) is 11.8 Å². The summed E-state index contributed by atoms with van der Waals surface area (Å²) in [6.45, 7) is 27.3. The van der Waals surface area contributed by atoms with Crippen molar-refractivity contribution in [2.75, 3.05) is 13.2 Å². The first-order valence-corrected chi connectivity index (χ1v) is 16.9. The van der Waals surface area contributed by atoms with Gasteiger partial charge in [0, 0.05) is 16.0 Å². The summed E-state index contributed by atoms with van der Waals surface area (Å²) in [5, 5.41) is -0.199. The van der Waals surface area contributed by atoms with E-state index in [4.69, 9.17) is 22.8 Å². The van der Waals surface area contributed by atoms with Crippen LogP contribution in [0.25, 0.3) is 0 Å². The molecule has 1 saturated carbocycles. The fraction of sp³-hybridized carbons (Fsp3) is 0.958. The molecule has 0 spiro atoms. The van der Waals surface area contributed by atoms with Crippen molar-refractivity contribution in [1.29, 1.82) is 0 Å². The number of esters is 1. The van der Waals surface area contributed by atoms with Gasteiger partial charge in [-0.05, 0) is 25.1 Å². The van der Waals surface area contributed by atoms with Crippen molar-refractivity contribution in [2.45, 2.75) is 122 Å². The molecule has 6 nitrogen and oxygen atoms in total. The number of fused-ring (bicyclic) bond motifs is 2. The first-order chi connectivity index (χ1) is 14.4. The molecular weight excluding hydrogens is 440 g/mol. The topological polar surface area (TPSA) is 63.2 Å². The highest BCUT2D eigenvalue weighted by Gasteiger charge is 2.72. The Hall–Kier alpha value is -0.256. The summed E-state index contributed by atoms with van der Waals surface area (Å²) in [4.78, 5) is 12.7. The molecule has 32 heavy (non-hydrogen) atoms. The summed E-state index contributed by atoms with van der Waals surface area (Å²) in [7, 11) is -4.81. The summed E-state index contributed by atoms with van der Waals surface area (Å²) in [5.41, 5.74) is 0. The van der Waals surface area contributed by atoms with E-state index in [1.807, 2.05) is 6.92 Å². The zero-order chi connectivity index (χ0) is 24.5. The Morgan fingerprint density at radius 1 is 1.00 bits per heavy atom. The SMILES string of the molecule is CCOC(=O)C1C2O[C@@H]3CO[Si](C(C)(C)C)(C(C)(C)C)O[C@H]3[C@H](O[Si](C)(C)C(C)(C)C)C21. The van der Waals surface area contributed by atoms with Gasteiger partial charge in [-0.2, -0.15) is 0 Å². The Kier molecular flexibility index (Phi) is 6.72. The molecule has 2 aliphatic heterocycles. The van der Waals surface area contributed by atoms with E-state index < -0.39 is 16.9 Å². The fourth-order valence-corrected chi connectivity index (χ4v) is 11.7. The van der Waals surface area contributed by atoms with Crippen LogP contribution in [0.4, 0.5) is 0 Å². The van der Waals surface area contributed by atoms with E-state index in [0.29, 0.717) is 13.2 Å². The molecule has 0 aromatic rings. The molecule has 1 aliphatic carbocycles. The van der Waals surface area contributed by atoms with Crippen LogP contribution < -0.4 is 0 Å². The summed E-state index contributed by atoms with van der Waals surface area (Å²) >= 11 is 0. The molecule has 8 heteroatoms. The number of ether oxygens (including phenoxy) is 2. The van der Waals surface area contributed by atoms with Crippen LogP contribution in [-0.2, 0) is 27.5 Å². The Morgan fingerprint density at radius 2 is 1.56 bits per heavy atom. The summed E-state index contributed by atoms with van der Waals surface area (Å²) in [6, 6.07) is 0. The van der Waals surface area contributed by atoms with E-state index in [-0.39, 0.29) is 57.3 Å². The molecule has 3 fully saturated rings. The van der Waals surface area contributed by atoms with E-state index in [0.717, 1.165) is 0 Å². The highest BCUT2D eigenvalue weighted by molar-refractivity contribution is 6.74. The Balaban J connectivity index is 2.00. The highest BCUT2D eigenvalue weighted by Crippen LogP contribution is 2.59. The standard InChI is InChI=1S/C24H46O6Si2/c1-13-26-21(25)17-16-19(17)28-15-14-27-32(23(5,6)7,24(8,9)10)30-18(15)20(16)29-31(11,12)22(2,3)4/h15-20H,13-14H2,1-12H3/t15-,16?,17?,18-,19?,20-/m1/s1. The average Bonchev–Trinajstić information content (AvgIpc) is 3.32. The Bertz CT molecular complexity index is 703. The first-order valence-electron chi connectivity index (χ1n) is 12.2. The van der Waals surface area contributed by atoms with E-state index in [1.54, 1.807) is 0 Å². The van der Waals surface area contributed by atoms with E-state index in [1.165, 1.54) is 0 Å². The van der Waals surface area contributed by atoms with Crippen molar-refractivity contribution in [3.8, 4) is 0 Å². The molecule has 2 saturated heterocycles. The van der Waals surface area contributed by atoms with Crippen LogP contribution >= 0.6 is 0 Å². The molecule has 186 valence electrons. The van der Waals surface area contributed by atoms with Gasteiger partial charge < -0.3 is 22.8 Å². The van der Waals surface area contributed by atoms with Gasteiger partial charge in [-0.3, -0.25) is 4.79 Å². The fourth-order valence-electron chi connectivity index (χ4n) is 5.39. The number of hydrogen-bond donors (Lipinski definition) is 0. The maximum absolute atomic E-state index is 12.7. The van der Waals surface area contributed by atoms with Crippen molar-refractivity contribution in [3.05, 3.63) is 0 Å². The molecule has 0 aromatic heterocycles. The van der Waals surface area contributed by atoms with Gasteiger partial charge in [-0.25, -0.2) is 0 Å². The van der Waals surface area contributed by atoms with Gasteiger partial charge in [0.1, 0.15) is 12.2 Å². The van der Waals surface area contributed by atoms with Gasteiger partial charge in [0.05, 0.1) is 31.3 Å². The predicted molar refractivity (Wildman–Crippen MR) is 130 cm³/mol. The number of carbonyl (C=O) groups excluding carboxylic acids is 1. The number of carbonyl (C=O) groups is 1. The molecule has 0 bridgehead atoms. The monoisotopic (exact) mass is 486 g/mol. The molecule has 0 N–H and O–H groups in total. The minimum atomic E-state index is -2.69. The third kappa shape index (κ3) is 4.28. The summed E-state index contributed by atoms with van der Waals surface area (Å²) in [5.74, 6) is -0.477. The quantitative estimate of drug-likeness (QED) is 0.391. The smallest absolute Gasteiger partial charge is 0.349 e. The predicted octanol–water partition coefficient (Wildman–Crippen LogP) is 5.41. The van der Waals surface area contributed by atoms with Crippen LogP contribution in [0.2, 0.25) is 28.2 Å². The molecule has 6 atom stereocenters. The van der Waals surface area contributed by atoms with Gasteiger partial charge in [0.2, 0.25) is 0 Å². The largest absolute Gasteiger partial charge is 0.466 e. The average molecular weight is 487 g/mol. The van der Waals surface area contributed by atoms with Gasteiger partial charge in [0.15, 0.2) is 8.32 Å². The van der Waals surface area contributed by atoms with Crippen molar-refractivity contribution in [1.82, 2.24) is 0 Å². The molecule has 0 radical (unpaired) electrons. The minimum absolute atomic E-state index is 0.0193. The molecule has 0 aromatic carbocycles. The van der Waals surface area contributed by atoms with Crippen LogP contribution in [0.15, 0.2) is 0 Å². The lowest BCUT2D eigenvalue weighted by Crippen LogP contribution is -2.69. The lowest BCUT2D eigenvalue weighted by Gasteiger charge is -2.57. The van der Waals surface area contributed by atoms with Gasteiger partial charge in [0.25, 0.3) is 0 Å². The van der Waals surface area contributed by atoms with Crippen LogP contribution in [0.3, 0.4) is 0 Å². The van der Waals surface area contributed by atoms with Crippen LogP contribution in [0, 0.1) is 11.8 Å². The second kappa shape index (κ2) is 8.16. The van der Waals surface area contributed by atoms with Crippen LogP contribution in [0.1, 0.15) is 69.2 Å². The molecule has 3 unspecified atom stereocenters. The van der Waals surface area contributed by atoms with E-state index in [9.17, 15) is 4.79 Å². The first kappa shape index (κ1) is 26.4. The van der Waals surface area contributed by atoms with Crippen molar-refractivity contribution >= 4 is 22.8 Å². The number of hydrogen-bond acceptors (Lipinski definition) is 6. The normalized spacial score (nSPS) is 35.0. The lowest BCUT2D eigenvalue weighted by atomic mass is 10.0. The highest BCUT2D eigenvalue weighted by atomic mass is 28.4. The van der Waals surface area contributed by atoms with Gasteiger partial charge in [-0.1, -0.05) is 62.3 Å². The summed E-state index contributed by atoms with van der Waals surface area (Å²) < 4.78 is 32.6. The minimum Gasteiger partial charge on any atom is -0.466 e. The second-order valence-electron chi connectivity index (χ2n) is 13.3. The zero-order valence-corrected chi connectivity index (χ0v) is 24.3. The maximum atomic E-state index is 12.7. The molecule has 2 heterocycles. The van der Waals surface area contributed by atoms with E-state index >= 15 is 0 Å². The van der Waals surface area contributed by atoms with Crippen LogP contribution in [-0.4, -0.2) is 60.5 Å². The summed E-state index contributed by atoms with van der Waals surface area (Å²) in [6.07, 6.45) is -0.815. The maximum Gasteiger partial charge on any atom is 0.349 e. The molecular formula is C24H46O6Si2. The molecule has 3 aliphatic rings. The number of rotatable bonds is 4. The van der Waals surface area contributed by atoms with Gasteiger partial charge >= 0.3 is 14.5 Å². The molecule has 3 rings (SSSR count). The van der Waals surface area contributed by atoms with Gasteiger partial charge in [-0.15, -0.1) is 0 Å². The lowest BCUT2D eigenvalue weighted by molar-refractivity contribution is -0.176. The van der Waals surface area contributed by atoms with Crippen molar-refractivity contribution < 1.29 is 27.5 Å². The molecule has 0 amide bonds.